The molecule has 31 heavy (non-hydrogen) atoms. The van der Waals surface area contributed by atoms with Crippen LogP contribution >= 0.6 is 11.6 Å². The van der Waals surface area contributed by atoms with Crippen LogP contribution in [0.2, 0.25) is 5.02 Å². The van der Waals surface area contributed by atoms with Gasteiger partial charge in [-0.15, -0.1) is 10.2 Å². The minimum atomic E-state index is -0.0217. The number of aromatic nitrogens is 2. The first-order chi connectivity index (χ1) is 15.1. The van der Waals surface area contributed by atoms with E-state index >= 15 is 0 Å². The normalized spacial score (nSPS) is 13.9. The third kappa shape index (κ3) is 5.33. The zero-order chi connectivity index (χ0) is 21.6. The molecule has 0 radical (unpaired) electrons. The van der Waals surface area contributed by atoms with Gasteiger partial charge in [0.1, 0.15) is 5.75 Å². The lowest BCUT2D eigenvalue weighted by molar-refractivity contribution is -0.133. The first-order valence-electron chi connectivity index (χ1n) is 10.5. The summed E-state index contributed by atoms with van der Waals surface area (Å²) in [6, 6.07) is 19.4. The van der Waals surface area contributed by atoms with Crippen LogP contribution in [0.15, 0.2) is 60.7 Å². The first kappa shape index (κ1) is 21.1. The molecule has 1 amide bonds. The minimum absolute atomic E-state index is 0.0208. The Morgan fingerprint density at radius 3 is 2.26 bits per heavy atom. The van der Waals surface area contributed by atoms with E-state index in [0.29, 0.717) is 37.0 Å². The number of anilines is 1. The molecular weight excluding hydrogens is 412 g/mol. The molecule has 7 heteroatoms. The predicted molar refractivity (Wildman–Crippen MR) is 123 cm³/mol. The molecule has 2 heterocycles. The lowest BCUT2D eigenvalue weighted by Crippen LogP contribution is -2.50. The van der Waals surface area contributed by atoms with Crippen molar-refractivity contribution in [2.45, 2.75) is 13.3 Å². The fraction of sp³-hybridized carbons (Fsp3) is 0.292. The van der Waals surface area contributed by atoms with Gasteiger partial charge in [-0.2, -0.15) is 0 Å². The average Bonchev–Trinajstić information content (AvgIpc) is 2.84. The topological polar surface area (TPSA) is 58.6 Å². The van der Waals surface area contributed by atoms with E-state index in [1.165, 1.54) is 5.56 Å². The molecule has 3 aromatic rings. The molecule has 0 spiro atoms. The van der Waals surface area contributed by atoms with E-state index in [-0.39, 0.29) is 12.5 Å². The Labute approximate surface area is 187 Å². The van der Waals surface area contributed by atoms with Crippen molar-refractivity contribution in [2.75, 3.05) is 37.7 Å². The second-order valence-electron chi connectivity index (χ2n) is 7.44. The second-order valence-corrected chi connectivity index (χ2v) is 7.87. The van der Waals surface area contributed by atoms with Crippen molar-refractivity contribution in [3.05, 3.63) is 71.2 Å². The number of ether oxygens (including phenoxy) is 1. The van der Waals surface area contributed by atoms with Crippen LogP contribution in [-0.4, -0.2) is 53.8 Å². The number of carbonyl (C=O) groups is 1. The van der Waals surface area contributed by atoms with Gasteiger partial charge in [-0.25, -0.2) is 0 Å². The van der Waals surface area contributed by atoms with E-state index in [1.54, 1.807) is 24.3 Å². The van der Waals surface area contributed by atoms with Crippen LogP contribution in [0, 0.1) is 0 Å². The van der Waals surface area contributed by atoms with Gasteiger partial charge < -0.3 is 14.5 Å². The smallest absolute Gasteiger partial charge is 0.260 e. The fourth-order valence-corrected chi connectivity index (χ4v) is 3.64. The number of halogens is 1. The van der Waals surface area contributed by atoms with Gasteiger partial charge in [-0.1, -0.05) is 42.8 Å². The summed E-state index contributed by atoms with van der Waals surface area (Å²) in [4.78, 5) is 16.4. The molecule has 1 fully saturated rings. The number of aryl methyl sites for hydroxylation is 1. The van der Waals surface area contributed by atoms with Crippen LogP contribution < -0.4 is 9.64 Å². The zero-order valence-electron chi connectivity index (χ0n) is 17.5. The Hall–Kier alpha value is -3.12. The predicted octanol–water partition coefficient (Wildman–Crippen LogP) is 4.09. The monoisotopic (exact) mass is 436 g/mol. The van der Waals surface area contributed by atoms with Crippen LogP contribution in [0.5, 0.6) is 5.75 Å². The van der Waals surface area contributed by atoms with E-state index in [4.69, 9.17) is 16.3 Å². The van der Waals surface area contributed by atoms with Crippen molar-refractivity contribution in [2.24, 2.45) is 0 Å². The van der Waals surface area contributed by atoms with Crippen molar-refractivity contribution >= 4 is 23.3 Å². The molecule has 1 aromatic heterocycles. The second kappa shape index (κ2) is 9.79. The van der Waals surface area contributed by atoms with E-state index in [1.807, 2.05) is 17.0 Å². The molecule has 160 valence electrons. The SMILES string of the molecule is CCc1ccc(-c2ccc(N3CCN(C(=O)COc4ccc(Cl)cc4)CC3)nn2)cc1. The fourth-order valence-electron chi connectivity index (χ4n) is 3.51. The molecule has 0 bridgehead atoms. The van der Waals surface area contributed by atoms with Crippen molar-refractivity contribution in [3.8, 4) is 17.0 Å². The van der Waals surface area contributed by atoms with Crippen LogP contribution in [0.4, 0.5) is 5.82 Å². The molecular formula is C24H25ClN4O2. The van der Waals surface area contributed by atoms with Gasteiger partial charge in [0.2, 0.25) is 0 Å². The summed E-state index contributed by atoms with van der Waals surface area (Å²) in [6.07, 6.45) is 1.02. The highest BCUT2D eigenvalue weighted by molar-refractivity contribution is 6.30. The largest absolute Gasteiger partial charge is 0.484 e. The van der Waals surface area contributed by atoms with Gasteiger partial charge in [0.25, 0.3) is 5.91 Å². The highest BCUT2D eigenvalue weighted by Gasteiger charge is 2.22. The third-order valence-corrected chi connectivity index (χ3v) is 5.69. The summed E-state index contributed by atoms with van der Waals surface area (Å²) in [5, 5.41) is 9.45. The van der Waals surface area contributed by atoms with E-state index in [2.05, 4.69) is 46.3 Å². The van der Waals surface area contributed by atoms with Crippen molar-refractivity contribution in [3.63, 3.8) is 0 Å². The summed E-state index contributed by atoms with van der Waals surface area (Å²) >= 11 is 5.87. The lowest BCUT2D eigenvalue weighted by Gasteiger charge is -2.35. The van der Waals surface area contributed by atoms with Crippen LogP contribution in [0.3, 0.4) is 0 Å². The van der Waals surface area contributed by atoms with Gasteiger partial charge in [0.05, 0.1) is 5.69 Å². The third-order valence-electron chi connectivity index (χ3n) is 5.44. The Kier molecular flexibility index (Phi) is 6.67. The Morgan fingerprint density at radius 2 is 1.65 bits per heavy atom. The maximum atomic E-state index is 12.5. The average molecular weight is 437 g/mol. The number of carbonyl (C=O) groups excluding carboxylic acids is 1. The number of benzene rings is 2. The molecule has 1 aliphatic rings. The Balaban J connectivity index is 1.28. The molecule has 0 saturated carbocycles. The molecule has 4 rings (SSSR count). The number of amides is 1. The Bertz CT molecular complexity index is 999. The summed E-state index contributed by atoms with van der Waals surface area (Å²) in [5.74, 6) is 1.45. The van der Waals surface area contributed by atoms with E-state index < -0.39 is 0 Å². The summed E-state index contributed by atoms with van der Waals surface area (Å²) < 4.78 is 5.57. The Morgan fingerprint density at radius 1 is 0.935 bits per heavy atom. The molecule has 1 saturated heterocycles. The first-order valence-corrected chi connectivity index (χ1v) is 10.8. The number of rotatable bonds is 6. The van der Waals surface area contributed by atoms with Gasteiger partial charge in [-0.3, -0.25) is 4.79 Å². The maximum Gasteiger partial charge on any atom is 0.260 e. The molecule has 2 aromatic carbocycles. The molecule has 6 nitrogen and oxygen atoms in total. The number of nitrogens with zero attached hydrogens (tertiary/aromatic N) is 4. The van der Waals surface area contributed by atoms with E-state index in [9.17, 15) is 4.79 Å². The highest BCUT2D eigenvalue weighted by atomic mass is 35.5. The van der Waals surface area contributed by atoms with Gasteiger partial charge in [-0.05, 0) is 48.4 Å². The number of hydrogen-bond acceptors (Lipinski definition) is 5. The number of piperazine rings is 1. The van der Waals surface area contributed by atoms with Gasteiger partial charge in [0.15, 0.2) is 12.4 Å². The maximum absolute atomic E-state index is 12.5. The van der Waals surface area contributed by atoms with Gasteiger partial charge >= 0.3 is 0 Å². The molecule has 0 atom stereocenters. The minimum Gasteiger partial charge on any atom is -0.484 e. The zero-order valence-corrected chi connectivity index (χ0v) is 18.3. The molecule has 1 aliphatic heterocycles. The van der Waals surface area contributed by atoms with Crippen LogP contribution in [0.25, 0.3) is 11.3 Å². The van der Waals surface area contributed by atoms with Crippen LogP contribution in [0.1, 0.15) is 12.5 Å². The van der Waals surface area contributed by atoms with E-state index in [0.717, 1.165) is 23.5 Å². The quantitative estimate of drug-likeness (QED) is 0.582. The lowest BCUT2D eigenvalue weighted by atomic mass is 10.1. The van der Waals surface area contributed by atoms with Crippen molar-refractivity contribution in [1.82, 2.24) is 15.1 Å². The number of hydrogen-bond donors (Lipinski definition) is 0. The summed E-state index contributed by atoms with van der Waals surface area (Å²) in [7, 11) is 0. The standard InChI is InChI=1S/C24H25ClN4O2/c1-2-18-3-5-19(6-4-18)22-11-12-23(27-26-22)28-13-15-29(16-14-28)24(30)17-31-21-9-7-20(25)8-10-21/h3-12H,2,13-17H2,1H3. The molecule has 0 unspecified atom stereocenters. The molecule has 0 aliphatic carbocycles. The van der Waals surface area contributed by atoms with Crippen molar-refractivity contribution < 1.29 is 9.53 Å². The van der Waals surface area contributed by atoms with Crippen molar-refractivity contribution in [1.29, 1.82) is 0 Å². The van der Waals surface area contributed by atoms with Crippen LogP contribution in [-0.2, 0) is 11.2 Å². The summed E-state index contributed by atoms with van der Waals surface area (Å²) in [5.41, 5.74) is 3.23. The summed E-state index contributed by atoms with van der Waals surface area (Å²) in [6.45, 7) is 4.85. The highest BCUT2D eigenvalue weighted by Crippen LogP contribution is 2.20. The molecule has 0 N–H and O–H groups in total. The van der Waals surface area contributed by atoms with Gasteiger partial charge in [0, 0.05) is 36.8 Å².